The van der Waals surface area contributed by atoms with Gasteiger partial charge in [0.1, 0.15) is 17.7 Å². The molecule has 5 rings (SSSR count). The molecule has 1 aliphatic carbocycles. The molecule has 0 bridgehead atoms. The molecule has 1 aliphatic heterocycles. The molecule has 1 fully saturated rings. The summed E-state index contributed by atoms with van der Waals surface area (Å²) < 4.78 is 22.8. The Bertz CT molecular complexity index is 1220. The van der Waals surface area contributed by atoms with Gasteiger partial charge in [0.05, 0.1) is 19.1 Å². The molecule has 1 N–H and O–H groups in total. The fourth-order valence-electron chi connectivity index (χ4n) is 4.44. The molecule has 1 unspecified atom stereocenters. The molecule has 8 heteroatoms. The molecule has 0 saturated heterocycles. The van der Waals surface area contributed by atoms with E-state index in [1.165, 1.54) is 0 Å². The molecule has 1 aromatic heterocycles. The van der Waals surface area contributed by atoms with E-state index in [0.717, 1.165) is 41.8 Å². The first-order chi connectivity index (χ1) is 17.5. The third kappa shape index (κ3) is 4.87. The number of pyridine rings is 1. The van der Waals surface area contributed by atoms with Crippen molar-refractivity contribution in [1.82, 2.24) is 9.88 Å². The standard InChI is InChI=1S/C28H31N3O5/c1-31(2)14-15-34-26(21-6-4-5-7-22(21)33-3)19-8-11-25(29-17-19)30-27(32)28(12-13-28)20-9-10-23-24(16-20)36-18-35-23/h4-11,16-17,26H,12-15,18H2,1-3H3,(H,29,30,32). The normalized spacial score (nSPS) is 16.0. The van der Waals surface area contributed by atoms with Gasteiger partial charge < -0.3 is 29.2 Å². The second-order valence-corrected chi connectivity index (χ2v) is 9.38. The van der Waals surface area contributed by atoms with E-state index in [9.17, 15) is 4.79 Å². The van der Waals surface area contributed by atoms with Gasteiger partial charge in [0, 0.05) is 23.9 Å². The Balaban J connectivity index is 1.33. The molecule has 0 spiro atoms. The van der Waals surface area contributed by atoms with Gasteiger partial charge in [-0.15, -0.1) is 0 Å². The number of anilines is 1. The Kier molecular flexibility index (Phi) is 6.80. The highest BCUT2D eigenvalue weighted by atomic mass is 16.7. The van der Waals surface area contributed by atoms with E-state index in [-0.39, 0.29) is 18.8 Å². The maximum atomic E-state index is 13.3. The lowest BCUT2D eigenvalue weighted by molar-refractivity contribution is -0.118. The van der Waals surface area contributed by atoms with Crippen LogP contribution in [0.25, 0.3) is 0 Å². The van der Waals surface area contributed by atoms with Crippen LogP contribution in [0.15, 0.2) is 60.8 Å². The molecule has 2 heterocycles. The molecule has 1 amide bonds. The zero-order valence-corrected chi connectivity index (χ0v) is 20.8. The third-order valence-electron chi connectivity index (χ3n) is 6.68. The van der Waals surface area contributed by atoms with E-state index in [1.54, 1.807) is 13.3 Å². The van der Waals surface area contributed by atoms with Gasteiger partial charge in [-0.3, -0.25) is 4.79 Å². The molecule has 188 valence electrons. The van der Waals surface area contributed by atoms with Gasteiger partial charge >= 0.3 is 0 Å². The number of hydrogen-bond donors (Lipinski definition) is 1. The number of nitrogens with zero attached hydrogens (tertiary/aromatic N) is 2. The van der Waals surface area contributed by atoms with E-state index in [0.29, 0.717) is 23.9 Å². The number of carbonyl (C=O) groups is 1. The topological polar surface area (TPSA) is 82.2 Å². The van der Waals surface area contributed by atoms with Crippen molar-refractivity contribution in [1.29, 1.82) is 0 Å². The van der Waals surface area contributed by atoms with Crippen LogP contribution in [0.1, 0.15) is 35.6 Å². The minimum Gasteiger partial charge on any atom is -0.496 e. The minimum absolute atomic E-state index is 0.0647. The smallest absolute Gasteiger partial charge is 0.236 e. The van der Waals surface area contributed by atoms with Crippen LogP contribution in [0, 0.1) is 0 Å². The first-order valence-electron chi connectivity index (χ1n) is 12.1. The molecule has 1 atom stereocenters. The van der Waals surface area contributed by atoms with Crippen molar-refractivity contribution in [2.45, 2.75) is 24.4 Å². The van der Waals surface area contributed by atoms with Gasteiger partial charge in [-0.05, 0) is 56.8 Å². The second-order valence-electron chi connectivity index (χ2n) is 9.38. The largest absolute Gasteiger partial charge is 0.496 e. The van der Waals surface area contributed by atoms with Crippen LogP contribution in [0.4, 0.5) is 5.82 Å². The molecule has 3 aromatic rings. The molecule has 0 radical (unpaired) electrons. The summed E-state index contributed by atoms with van der Waals surface area (Å²) in [5.41, 5.74) is 2.19. The predicted octanol–water partition coefficient (Wildman–Crippen LogP) is 4.16. The average Bonchev–Trinajstić information content (AvgIpc) is 3.58. The molecule has 36 heavy (non-hydrogen) atoms. The number of aromatic nitrogens is 1. The van der Waals surface area contributed by atoms with Crippen LogP contribution < -0.4 is 19.5 Å². The number of nitrogens with one attached hydrogen (secondary N) is 1. The molecule has 2 aliphatic rings. The lowest BCUT2D eigenvalue weighted by Crippen LogP contribution is -2.28. The van der Waals surface area contributed by atoms with Crippen LogP contribution in [0.2, 0.25) is 0 Å². The Labute approximate surface area is 211 Å². The van der Waals surface area contributed by atoms with Crippen LogP contribution in [0.3, 0.4) is 0 Å². The van der Waals surface area contributed by atoms with Crippen molar-refractivity contribution in [2.24, 2.45) is 0 Å². The lowest BCUT2D eigenvalue weighted by Gasteiger charge is -2.22. The molecule has 8 nitrogen and oxygen atoms in total. The molecule has 1 saturated carbocycles. The lowest BCUT2D eigenvalue weighted by atomic mass is 9.94. The summed E-state index contributed by atoms with van der Waals surface area (Å²) in [7, 11) is 5.67. The van der Waals surface area contributed by atoms with Crippen LogP contribution in [0.5, 0.6) is 17.2 Å². The van der Waals surface area contributed by atoms with Gasteiger partial charge in [-0.2, -0.15) is 0 Å². The predicted molar refractivity (Wildman–Crippen MR) is 136 cm³/mol. The number of amides is 1. The maximum absolute atomic E-state index is 13.3. The Morgan fingerprint density at radius 3 is 2.64 bits per heavy atom. The summed E-state index contributed by atoms with van der Waals surface area (Å²) in [6.45, 7) is 1.55. The van der Waals surface area contributed by atoms with Crippen molar-refractivity contribution >= 4 is 11.7 Å². The summed E-state index contributed by atoms with van der Waals surface area (Å²) in [4.78, 5) is 19.9. The van der Waals surface area contributed by atoms with Crippen molar-refractivity contribution in [3.05, 3.63) is 77.5 Å². The van der Waals surface area contributed by atoms with Gasteiger partial charge in [-0.25, -0.2) is 4.98 Å². The number of benzene rings is 2. The summed E-state index contributed by atoms with van der Waals surface area (Å²) in [5, 5.41) is 3.00. The van der Waals surface area contributed by atoms with E-state index >= 15 is 0 Å². The first-order valence-corrected chi connectivity index (χ1v) is 12.1. The summed E-state index contributed by atoms with van der Waals surface area (Å²) in [5.74, 6) is 2.59. The monoisotopic (exact) mass is 489 g/mol. The maximum Gasteiger partial charge on any atom is 0.236 e. The highest BCUT2D eigenvalue weighted by Crippen LogP contribution is 2.51. The SMILES string of the molecule is COc1ccccc1C(OCCN(C)C)c1ccc(NC(=O)C2(c3ccc4c(c3)OCO4)CC2)nc1. The third-order valence-corrected chi connectivity index (χ3v) is 6.68. The number of hydrogen-bond acceptors (Lipinski definition) is 7. The van der Waals surface area contributed by atoms with E-state index in [4.69, 9.17) is 18.9 Å². The van der Waals surface area contributed by atoms with E-state index in [1.807, 2.05) is 68.7 Å². The van der Waals surface area contributed by atoms with E-state index in [2.05, 4.69) is 15.2 Å². The number of ether oxygens (including phenoxy) is 4. The van der Waals surface area contributed by atoms with Crippen LogP contribution >= 0.6 is 0 Å². The zero-order chi connectivity index (χ0) is 25.1. The molecular weight excluding hydrogens is 458 g/mol. The van der Waals surface area contributed by atoms with Crippen molar-refractivity contribution in [3.63, 3.8) is 0 Å². The fourth-order valence-corrected chi connectivity index (χ4v) is 4.44. The van der Waals surface area contributed by atoms with Crippen molar-refractivity contribution in [3.8, 4) is 17.2 Å². The summed E-state index contributed by atoms with van der Waals surface area (Å²) >= 11 is 0. The van der Waals surface area contributed by atoms with Gasteiger partial charge in [-0.1, -0.05) is 30.3 Å². The number of likely N-dealkylation sites (N-methyl/N-ethyl adjacent to an activating group) is 1. The Hall–Kier alpha value is -3.62. The van der Waals surface area contributed by atoms with E-state index < -0.39 is 5.41 Å². The zero-order valence-electron chi connectivity index (χ0n) is 20.8. The van der Waals surface area contributed by atoms with Crippen molar-refractivity contribution in [2.75, 3.05) is 46.5 Å². The summed E-state index contributed by atoms with van der Waals surface area (Å²) in [6, 6.07) is 17.3. The number of rotatable bonds is 10. The Morgan fingerprint density at radius 1 is 1.11 bits per heavy atom. The number of para-hydroxylation sites is 1. The number of methoxy groups -OCH3 is 1. The number of carbonyl (C=O) groups excluding carboxylic acids is 1. The number of fused-ring (bicyclic) bond motifs is 1. The first kappa shape index (κ1) is 24.1. The highest BCUT2D eigenvalue weighted by Gasteiger charge is 2.51. The molecule has 2 aromatic carbocycles. The van der Waals surface area contributed by atoms with Gasteiger partial charge in [0.25, 0.3) is 0 Å². The van der Waals surface area contributed by atoms with Gasteiger partial charge in [0.15, 0.2) is 11.5 Å². The second kappa shape index (κ2) is 10.2. The van der Waals surface area contributed by atoms with Crippen LogP contribution in [-0.2, 0) is 14.9 Å². The molecular formula is C28H31N3O5. The average molecular weight is 490 g/mol. The van der Waals surface area contributed by atoms with Gasteiger partial charge in [0.2, 0.25) is 12.7 Å². The quantitative estimate of drug-likeness (QED) is 0.458. The minimum atomic E-state index is -0.559. The fraction of sp³-hybridized carbons (Fsp3) is 0.357. The summed E-state index contributed by atoms with van der Waals surface area (Å²) in [6.07, 6.45) is 2.97. The Morgan fingerprint density at radius 2 is 1.92 bits per heavy atom. The highest BCUT2D eigenvalue weighted by molar-refractivity contribution is 6.01. The van der Waals surface area contributed by atoms with Crippen molar-refractivity contribution < 1.29 is 23.7 Å². The van der Waals surface area contributed by atoms with Crippen LogP contribution in [-0.4, -0.2) is 56.9 Å².